The molecule has 0 aliphatic carbocycles. The van der Waals surface area contributed by atoms with Crippen molar-refractivity contribution in [3.05, 3.63) is 11.7 Å². The fourth-order valence-electron chi connectivity index (χ4n) is 1.00. The molecule has 0 aliphatic heterocycles. The van der Waals surface area contributed by atoms with Crippen molar-refractivity contribution >= 4 is 11.8 Å². The van der Waals surface area contributed by atoms with E-state index in [1.165, 1.54) is 0 Å². The van der Waals surface area contributed by atoms with E-state index in [0.717, 1.165) is 18.0 Å². The van der Waals surface area contributed by atoms with Gasteiger partial charge in [0.05, 0.1) is 6.04 Å². The van der Waals surface area contributed by atoms with Crippen LogP contribution < -0.4 is 5.73 Å². The van der Waals surface area contributed by atoms with E-state index in [4.69, 9.17) is 10.3 Å². The zero-order valence-electron chi connectivity index (χ0n) is 8.86. The zero-order valence-corrected chi connectivity index (χ0v) is 9.67. The number of hydrogen-bond donors (Lipinski definition) is 1. The SMILES string of the molecule is CSCC[C@H](N)c1nc(C(C)C)no1. The van der Waals surface area contributed by atoms with Crippen molar-refractivity contribution in [1.29, 1.82) is 0 Å². The summed E-state index contributed by atoms with van der Waals surface area (Å²) in [4.78, 5) is 4.25. The molecule has 1 heterocycles. The van der Waals surface area contributed by atoms with Crippen LogP contribution in [0.2, 0.25) is 0 Å². The van der Waals surface area contributed by atoms with Gasteiger partial charge in [0, 0.05) is 5.92 Å². The van der Waals surface area contributed by atoms with Gasteiger partial charge in [-0.25, -0.2) is 0 Å². The van der Waals surface area contributed by atoms with Gasteiger partial charge in [-0.15, -0.1) is 0 Å². The molecule has 5 heteroatoms. The van der Waals surface area contributed by atoms with Crippen LogP contribution in [0.15, 0.2) is 4.52 Å². The summed E-state index contributed by atoms with van der Waals surface area (Å²) in [7, 11) is 0. The van der Waals surface area contributed by atoms with Crippen LogP contribution in [0.4, 0.5) is 0 Å². The number of aromatic nitrogens is 2. The van der Waals surface area contributed by atoms with E-state index in [1.54, 1.807) is 11.8 Å². The average molecular weight is 215 g/mol. The number of rotatable bonds is 5. The molecule has 0 bridgehead atoms. The molecule has 1 aromatic rings. The Morgan fingerprint density at radius 3 is 2.71 bits per heavy atom. The van der Waals surface area contributed by atoms with E-state index in [0.29, 0.717) is 11.8 Å². The maximum Gasteiger partial charge on any atom is 0.243 e. The van der Waals surface area contributed by atoms with Crippen molar-refractivity contribution in [2.24, 2.45) is 5.73 Å². The monoisotopic (exact) mass is 215 g/mol. The summed E-state index contributed by atoms with van der Waals surface area (Å²) in [6.07, 6.45) is 2.93. The molecule has 1 aromatic heterocycles. The number of nitrogens with zero attached hydrogens (tertiary/aromatic N) is 2. The van der Waals surface area contributed by atoms with Crippen LogP contribution in [0, 0.1) is 0 Å². The molecule has 2 N–H and O–H groups in total. The van der Waals surface area contributed by atoms with Crippen molar-refractivity contribution in [3.63, 3.8) is 0 Å². The molecular weight excluding hydrogens is 198 g/mol. The maximum absolute atomic E-state index is 5.88. The Kier molecular flexibility index (Phi) is 4.41. The van der Waals surface area contributed by atoms with E-state index in [2.05, 4.69) is 16.4 Å². The van der Waals surface area contributed by atoms with Gasteiger partial charge in [-0.3, -0.25) is 0 Å². The van der Waals surface area contributed by atoms with E-state index < -0.39 is 0 Å². The Bertz CT molecular complexity index is 275. The minimum atomic E-state index is -0.123. The first-order valence-electron chi connectivity index (χ1n) is 4.73. The number of hydrogen-bond acceptors (Lipinski definition) is 5. The Morgan fingerprint density at radius 2 is 2.21 bits per heavy atom. The van der Waals surface area contributed by atoms with Gasteiger partial charge in [-0.2, -0.15) is 16.7 Å². The lowest BCUT2D eigenvalue weighted by molar-refractivity contribution is 0.347. The highest BCUT2D eigenvalue weighted by atomic mass is 32.2. The molecule has 0 spiro atoms. The van der Waals surface area contributed by atoms with Gasteiger partial charge in [-0.1, -0.05) is 19.0 Å². The van der Waals surface area contributed by atoms with Crippen molar-refractivity contribution in [1.82, 2.24) is 10.1 Å². The molecule has 14 heavy (non-hydrogen) atoms. The Morgan fingerprint density at radius 1 is 1.50 bits per heavy atom. The summed E-state index contributed by atoms with van der Waals surface area (Å²) in [6, 6.07) is -0.123. The second-order valence-electron chi connectivity index (χ2n) is 3.53. The number of nitrogens with two attached hydrogens (primary N) is 1. The fourth-order valence-corrected chi connectivity index (χ4v) is 1.49. The predicted molar refractivity (Wildman–Crippen MR) is 58.3 cm³/mol. The second kappa shape index (κ2) is 5.36. The van der Waals surface area contributed by atoms with Gasteiger partial charge in [0.15, 0.2) is 5.82 Å². The fraction of sp³-hybridized carbons (Fsp3) is 0.778. The molecule has 0 unspecified atom stereocenters. The van der Waals surface area contributed by atoms with E-state index in [9.17, 15) is 0 Å². The predicted octanol–water partition coefficient (Wildman–Crippen LogP) is 1.95. The largest absolute Gasteiger partial charge is 0.338 e. The molecule has 0 fully saturated rings. The van der Waals surface area contributed by atoms with Gasteiger partial charge < -0.3 is 10.3 Å². The Balaban J connectivity index is 2.57. The molecule has 0 radical (unpaired) electrons. The molecule has 4 nitrogen and oxygen atoms in total. The molecule has 1 rings (SSSR count). The zero-order chi connectivity index (χ0) is 10.6. The average Bonchev–Trinajstić information content (AvgIpc) is 2.62. The highest BCUT2D eigenvalue weighted by Crippen LogP contribution is 2.16. The second-order valence-corrected chi connectivity index (χ2v) is 4.52. The van der Waals surface area contributed by atoms with Crippen LogP contribution in [0.3, 0.4) is 0 Å². The van der Waals surface area contributed by atoms with Crippen LogP contribution in [0.5, 0.6) is 0 Å². The molecular formula is C9H17N3OS. The minimum Gasteiger partial charge on any atom is -0.338 e. The molecule has 0 aliphatic rings. The number of thioether (sulfide) groups is 1. The lowest BCUT2D eigenvalue weighted by Crippen LogP contribution is -2.11. The topological polar surface area (TPSA) is 64.9 Å². The van der Waals surface area contributed by atoms with Crippen LogP contribution in [-0.2, 0) is 0 Å². The van der Waals surface area contributed by atoms with Crippen molar-refractivity contribution < 1.29 is 4.52 Å². The molecule has 0 saturated heterocycles. The van der Waals surface area contributed by atoms with Crippen molar-refractivity contribution in [2.45, 2.75) is 32.2 Å². The van der Waals surface area contributed by atoms with Gasteiger partial charge in [0.1, 0.15) is 0 Å². The third-order valence-corrected chi connectivity index (χ3v) is 2.57. The molecule has 0 amide bonds. The lowest BCUT2D eigenvalue weighted by atomic mass is 10.2. The summed E-state index contributed by atoms with van der Waals surface area (Å²) in [5, 5.41) is 3.87. The van der Waals surface area contributed by atoms with Crippen LogP contribution in [0.25, 0.3) is 0 Å². The van der Waals surface area contributed by atoms with Crippen LogP contribution in [0.1, 0.15) is 43.9 Å². The van der Waals surface area contributed by atoms with Crippen molar-refractivity contribution in [3.8, 4) is 0 Å². The third kappa shape index (κ3) is 2.99. The first kappa shape index (κ1) is 11.5. The lowest BCUT2D eigenvalue weighted by Gasteiger charge is -2.03. The smallest absolute Gasteiger partial charge is 0.243 e. The third-order valence-electron chi connectivity index (χ3n) is 1.92. The summed E-state index contributed by atoms with van der Waals surface area (Å²) in [5.41, 5.74) is 5.88. The molecule has 1 atom stereocenters. The van der Waals surface area contributed by atoms with Crippen molar-refractivity contribution in [2.75, 3.05) is 12.0 Å². The van der Waals surface area contributed by atoms with E-state index in [-0.39, 0.29) is 6.04 Å². The molecule has 80 valence electrons. The van der Waals surface area contributed by atoms with E-state index >= 15 is 0 Å². The standard InChI is InChI=1S/C9H17N3OS/c1-6(2)8-11-9(13-12-8)7(10)4-5-14-3/h6-7H,4-5,10H2,1-3H3/t7-/m0/s1. The first-order valence-corrected chi connectivity index (χ1v) is 6.12. The maximum atomic E-state index is 5.88. The normalized spacial score (nSPS) is 13.5. The molecule has 0 aromatic carbocycles. The van der Waals surface area contributed by atoms with E-state index in [1.807, 2.05) is 13.8 Å². The summed E-state index contributed by atoms with van der Waals surface area (Å²) in [5.74, 6) is 2.60. The summed E-state index contributed by atoms with van der Waals surface area (Å²) >= 11 is 1.77. The first-order chi connectivity index (χ1) is 6.65. The Hall–Kier alpha value is -0.550. The molecule has 0 saturated carbocycles. The highest BCUT2D eigenvalue weighted by Gasteiger charge is 2.15. The van der Waals surface area contributed by atoms with Crippen LogP contribution in [-0.4, -0.2) is 22.1 Å². The van der Waals surface area contributed by atoms with Gasteiger partial charge in [0.25, 0.3) is 0 Å². The van der Waals surface area contributed by atoms with Gasteiger partial charge in [-0.05, 0) is 18.4 Å². The summed E-state index contributed by atoms with van der Waals surface area (Å²) in [6.45, 7) is 4.06. The Labute approximate surface area is 88.6 Å². The summed E-state index contributed by atoms with van der Waals surface area (Å²) < 4.78 is 5.09. The quantitative estimate of drug-likeness (QED) is 0.813. The van der Waals surface area contributed by atoms with Gasteiger partial charge in [0.2, 0.25) is 5.89 Å². The van der Waals surface area contributed by atoms with Crippen LogP contribution >= 0.6 is 11.8 Å². The minimum absolute atomic E-state index is 0.123. The highest BCUT2D eigenvalue weighted by molar-refractivity contribution is 7.98. The van der Waals surface area contributed by atoms with Gasteiger partial charge >= 0.3 is 0 Å².